The molecule has 0 saturated carbocycles. The molecule has 11 rings (SSSR count). The van der Waals surface area contributed by atoms with Crippen LogP contribution in [-0.2, 0) is 17.4 Å². The summed E-state index contributed by atoms with van der Waals surface area (Å²) < 4.78 is 6.58. The second kappa shape index (κ2) is 18.4. The van der Waals surface area contributed by atoms with E-state index in [1.165, 1.54) is 95.4 Å². The number of hydrogen-bond donors (Lipinski definition) is 0. The van der Waals surface area contributed by atoms with Crippen LogP contribution in [0.15, 0.2) is 206 Å². The lowest BCUT2D eigenvalue weighted by molar-refractivity contribution is 0.306. The van der Waals surface area contributed by atoms with Gasteiger partial charge in [0.25, 0.3) is 0 Å². The highest BCUT2D eigenvalue weighted by atomic mass is 16.5. The fourth-order valence-electron chi connectivity index (χ4n) is 12.2. The first-order valence-corrected chi connectivity index (χ1v) is 25.8. The normalized spacial score (nSPS) is 15.5. The number of nitrogens with zero attached hydrogens (tertiary/aromatic N) is 1. The maximum absolute atomic E-state index is 6.58. The molecule has 9 aromatic rings. The molecule has 2 nitrogen and oxygen atoms in total. The number of fused-ring (bicyclic) bond motifs is 6. The van der Waals surface area contributed by atoms with Crippen molar-refractivity contribution in [1.29, 1.82) is 0 Å². The maximum atomic E-state index is 6.58. The van der Waals surface area contributed by atoms with E-state index in [-0.39, 0.29) is 5.41 Å². The van der Waals surface area contributed by atoms with Crippen LogP contribution in [0, 0.1) is 25.7 Å². The van der Waals surface area contributed by atoms with Gasteiger partial charge >= 0.3 is 0 Å². The molecule has 0 aliphatic heterocycles. The Labute approximate surface area is 422 Å². The van der Waals surface area contributed by atoms with Gasteiger partial charge in [-0.2, -0.15) is 0 Å². The molecule has 0 spiro atoms. The predicted molar refractivity (Wildman–Crippen MR) is 299 cm³/mol. The van der Waals surface area contributed by atoms with E-state index in [2.05, 4.69) is 267 Å². The zero-order chi connectivity index (χ0) is 49.0. The first-order valence-electron chi connectivity index (χ1n) is 25.8. The van der Waals surface area contributed by atoms with Crippen molar-refractivity contribution in [3.63, 3.8) is 0 Å². The first-order chi connectivity index (χ1) is 34.4. The summed E-state index contributed by atoms with van der Waals surface area (Å²) >= 11 is 0. The molecule has 9 aromatic carbocycles. The van der Waals surface area contributed by atoms with Crippen LogP contribution in [0.25, 0.3) is 33.4 Å². The molecule has 352 valence electrons. The van der Waals surface area contributed by atoms with E-state index in [1.54, 1.807) is 0 Å². The molecule has 0 N–H and O–H groups in total. The molecule has 2 unspecified atom stereocenters. The lowest BCUT2D eigenvalue weighted by Crippen LogP contribution is -2.29. The Hall–Kier alpha value is -7.42. The molecule has 0 radical (unpaired) electrons. The Bertz CT molecular complexity index is 3360. The molecule has 0 aromatic heterocycles. The lowest BCUT2D eigenvalue weighted by atomic mass is 9.67. The third-order valence-corrected chi connectivity index (χ3v) is 15.6. The molecule has 2 atom stereocenters. The Morgan fingerprint density at radius 1 is 0.451 bits per heavy atom. The van der Waals surface area contributed by atoms with Crippen molar-refractivity contribution in [2.75, 3.05) is 4.90 Å². The van der Waals surface area contributed by atoms with Crippen molar-refractivity contribution < 1.29 is 4.74 Å². The van der Waals surface area contributed by atoms with E-state index in [4.69, 9.17) is 4.74 Å². The molecule has 2 aliphatic rings. The van der Waals surface area contributed by atoms with E-state index >= 15 is 0 Å². The van der Waals surface area contributed by atoms with Crippen LogP contribution in [0.1, 0.15) is 110 Å². The fourth-order valence-corrected chi connectivity index (χ4v) is 12.2. The number of anilines is 3. The van der Waals surface area contributed by atoms with Crippen LogP contribution < -0.4 is 9.64 Å². The summed E-state index contributed by atoms with van der Waals surface area (Å²) in [5.74, 6) is 2.68. The van der Waals surface area contributed by atoms with Crippen LogP contribution >= 0.6 is 0 Å². The highest BCUT2D eigenvalue weighted by Gasteiger charge is 2.47. The standard InChI is InChI=1S/C69H65NO/c1-45(2)38-63(46(3)4)52-24-22-49(23-25-52)44-71-58-34-28-53(29-35-58)69(54-40-47(5)39-48(6)41-54)65-21-15-13-19-60(65)62-37-33-57(43-67(62)69)70(55-30-26-51(27-31-55)50-16-10-9-11-17-50)56-32-36-61-59-18-12-14-20-64(59)68(7,8)66(61)42-56/h9-37,39-43,45-46,63H,38,44H2,1-8H3. The fraction of sp³-hybridized carbons (Fsp3) is 0.217. The van der Waals surface area contributed by atoms with E-state index in [0.717, 1.165) is 22.8 Å². The van der Waals surface area contributed by atoms with Gasteiger partial charge in [-0.15, -0.1) is 0 Å². The number of hydrogen-bond acceptors (Lipinski definition) is 2. The minimum Gasteiger partial charge on any atom is -0.489 e. The van der Waals surface area contributed by atoms with Gasteiger partial charge in [0.1, 0.15) is 12.4 Å². The van der Waals surface area contributed by atoms with E-state index in [0.29, 0.717) is 24.4 Å². The van der Waals surface area contributed by atoms with Crippen LogP contribution in [0.3, 0.4) is 0 Å². The van der Waals surface area contributed by atoms with E-state index in [9.17, 15) is 0 Å². The van der Waals surface area contributed by atoms with Crippen LogP contribution in [0.5, 0.6) is 5.75 Å². The predicted octanol–water partition coefficient (Wildman–Crippen LogP) is 18.5. The molecule has 0 saturated heterocycles. The molecule has 2 heteroatoms. The van der Waals surface area contributed by atoms with Gasteiger partial charge in [-0.1, -0.05) is 210 Å². The molecule has 0 amide bonds. The second-order valence-electron chi connectivity index (χ2n) is 21.6. The lowest BCUT2D eigenvalue weighted by Gasteiger charge is -2.35. The Balaban J connectivity index is 1.03. The van der Waals surface area contributed by atoms with Crippen LogP contribution in [-0.4, -0.2) is 0 Å². The third kappa shape index (κ3) is 8.18. The van der Waals surface area contributed by atoms with Gasteiger partial charge in [0, 0.05) is 22.5 Å². The van der Waals surface area contributed by atoms with E-state index in [1.807, 2.05) is 0 Å². The van der Waals surface area contributed by atoms with E-state index < -0.39 is 5.41 Å². The Morgan fingerprint density at radius 2 is 0.986 bits per heavy atom. The van der Waals surface area contributed by atoms with Crippen molar-refractivity contribution in [3.8, 4) is 39.1 Å². The zero-order valence-electron chi connectivity index (χ0n) is 42.6. The van der Waals surface area contributed by atoms with Gasteiger partial charge in [0.15, 0.2) is 0 Å². The second-order valence-corrected chi connectivity index (χ2v) is 21.6. The molecule has 0 bridgehead atoms. The van der Waals surface area contributed by atoms with Crippen molar-refractivity contribution >= 4 is 17.1 Å². The zero-order valence-corrected chi connectivity index (χ0v) is 42.6. The van der Waals surface area contributed by atoms with Crippen molar-refractivity contribution in [3.05, 3.63) is 262 Å². The average molecular weight is 924 g/mol. The van der Waals surface area contributed by atoms with Gasteiger partial charge < -0.3 is 9.64 Å². The monoisotopic (exact) mass is 924 g/mol. The van der Waals surface area contributed by atoms with Gasteiger partial charge in [-0.3, -0.25) is 0 Å². The van der Waals surface area contributed by atoms with Crippen molar-refractivity contribution in [2.45, 2.75) is 85.2 Å². The van der Waals surface area contributed by atoms with Gasteiger partial charge in [0.05, 0.1) is 5.41 Å². The summed E-state index contributed by atoms with van der Waals surface area (Å²) in [6.45, 7) is 19.0. The SMILES string of the molecule is Cc1cc(C)cc(C2(c3ccc(OCc4ccc(C(CC(C)C)C(C)C)cc4)cc3)c3ccccc3-c3ccc(N(c4ccc(-c5ccccc5)cc4)c4ccc5c(c4)C(C)(C)c4ccccc4-5)cc32)c1. The number of benzene rings is 9. The highest BCUT2D eigenvalue weighted by Crippen LogP contribution is 2.58. The smallest absolute Gasteiger partial charge is 0.119 e. The highest BCUT2D eigenvalue weighted by molar-refractivity contribution is 5.91. The van der Waals surface area contributed by atoms with Crippen LogP contribution in [0.4, 0.5) is 17.1 Å². The Kier molecular flexibility index (Phi) is 11.9. The summed E-state index contributed by atoms with van der Waals surface area (Å²) in [6, 6.07) is 77.3. The topological polar surface area (TPSA) is 12.5 Å². The van der Waals surface area contributed by atoms with Gasteiger partial charge in [-0.05, 0) is 164 Å². The molecular formula is C69H65NO. The van der Waals surface area contributed by atoms with Crippen molar-refractivity contribution in [2.24, 2.45) is 11.8 Å². The number of ether oxygens (including phenoxy) is 1. The summed E-state index contributed by atoms with van der Waals surface area (Å²) in [7, 11) is 0. The summed E-state index contributed by atoms with van der Waals surface area (Å²) in [5, 5.41) is 0. The minimum atomic E-state index is -0.611. The largest absolute Gasteiger partial charge is 0.489 e. The summed E-state index contributed by atoms with van der Waals surface area (Å²) in [6.07, 6.45) is 1.20. The quantitative estimate of drug-likeness (QED) is 0.114. The third-order valence-electron chi connectivity index (χ3n) is 15.6. The molecule has 2 aliphatic carbocycles. The van der Waals surface area contributed by atoms with Crippen LogP contribution in [0.2, 0.25) is 0 Å². The van der Waals surface area contributed by atoms with Gasteiger partial charge in [-0.25, -0.2) is 0 Å². The summed E-state index contributed by atoms with van der Waals surface area (Å²) in [5.41, 5.74) is 23.0. The molecular weight excluding hydrogens is 859 g/mol. The maximum Gasteiger partial charge on any atom is 0.119 e. The van der Waals surface area contributed by atoms with Gasteiger partial charge in [0.2, 0.25) is 0 Å². The molecule has 0 fully saturated rings. The average Bonchev–Trinajstić information content (AvgIpc) is 3.80. The molecule has 0 heterocycles. The molecule has 71 heavy (non-hydrogen) atoms. The first kappa shape index (κ1) is 46.0. The Morgan fingerprint density at radius 3 is 1.62 bits per heavy atom. The van der Waals surface area contributed by atoms with Crippen molar-refractivity contribution in [1.82, 2.24) is 0 Å². The minimum absolute atomic E-state index is 0.146. The summed E-state index contributed by atoms with van der Waals surface area (Å²) in [4.78, 5) is 2.47. The number of rotatable bonds is 13. The number of aryl methyl sites for hydroxylation is 2.